The maximum absolute atomic E-state index is 2.47. The third kappa shape index (κ3) is 2.10. The second kappa shape index (κ2) is 4.11. The van der Waals surface area contributed by atoms with Gasteiger partial charge in [0.25, 0.3) is 0 Å². The molecule has 0 saturated heterocycles. The van der Waals surface area contributed by atoms with Gasteiger partial charge in [0.15, 0.2) is 0 Å². The minimum atomic E-state index is 0.891. The van der Waals surface area contributed by atoms with Crippen LogP contribution >= 0.6 is 0 Å². The summed E-state index contributed by atoms with van der Waals surface area (Å²) in [6.07, 6.45) is 8.85. The minimum Gasteiger partial charge on any atom is -0.0651 e. The Kier molecular flexibility index (Phi) is 3.14. The fraction of sp³-hybridized carbons (Fsp3) is 1.00. The molecule has 2 aliphatic rings. The normalized spacial score (nSPS) is 39.0. The summed E-state index contributed by atoms with van der Waals surface area (Å²) < 4.78 is 0. The number of fused-ring (bicyclic) bond motifs is 1. The van der Waals surface area contributed by atoms with Crippen molar-refractivity contribution in [2.24, 2.45) is 29.1 Å². The molecule has 0 aliphatic heterocycles. The van der Waals surface area contributed by atoms with Gasteiger partial charge < -0.3 is 0 Å². The topological polar surface area (TPSA) is 0 Å². The van der Waals surface area contributed by atoms with Gasteiger partial charge in [-0.2, -0.15) is 0 Å². The first kappa shape index (κ1) is 11.5. The summed E-state index contributed by atoms with van der Waals surface area (Å²) in [6.45, 7) is 9.62. The van der Waals surface area contributed by atoms with Gasteiger partial charge in [0.1, 0.15) is 0 Å². The zero-order valence-corrected chi connectivity index (χ0v) is 11.1. The number of hydrogen-bond donors (Lipinski definition) is 0. The van der Waals surface area contributed by atoms with Crippen LogP contribution in [0.4, 0.5) is 0 Å². The molecule has 2 fully saturated rings. The van der Waals surface area contributed by atoms with Crippen LogP contribution < -0.4 is 0 Å². The van der Waals surface area contributed by atoms with E-state index in [0.717, 1.165) is 29.1 Å². The quantitative estimate of drug-likeness (QED) is 0.559. The van der Waals surface area contributed by atoms with E-state index in [2.05, 4.69) is 27.7 Å². The molecule has 0 aromatic heterocycles. The zero-order chi connectivity index (χ0) is 11.1. The predicted octanol–water partition coefficient (Wildman–Crippen LogP) is 4.89. The maximum Gasteiger partial charge on any atom is -0.0235 e. The highest BCUT2D eigenvalue weighted by Crippen LogP contribution is 2.81. The standard InChI is InChI=1S/C15H28/c1-5-13(6-2)9-11(3)7-8-15-10-14(15)12(15)4/h11-14H,5-10H2,1-4H3. The van der Waals surface area contributed by atoms with Crippen LogP contribution in [0.1, 0.15) is 66.2 Å². The predicted molar refractivity (Wildman–Crippen MR) is 66.8 cm³/mol. The van der Waals surface area contributed by atoms with Crippen LogP contribution in [0, 0.1) is 29.1 Å². The van der Waals surface area contributed by atoms with Gasteiger partial charge in [-0.25, -0.2) is 0 Å². The summed E-state index contributed by atoms with van der Waals surface area (Å²) >= 11 is 0. The summed E-state index contributed by atoms with van der Waals surface area (Å²) in [5, 5.41) is 0. The third-order valence-electron chi connectivity index (χ3n) is 5.57. The van der Waals surface area contributed by atoms with Gasteiger partial charge in [0.05, 0.1) is 0 Å². The molecule has 15 heavy (non-hydrogen) atoms. The van der Waals surface area contributed by atoms with Crippen molar-refractivity contribution in [1.82, 2.24) is 0 Å². The van der Waals surface area contributed by atoms with E-state index in [0.29, 0.717) is 0 Å². The van der Waals surface area contributed by atoms with Gasteiger partial charge in [-0.15, -0.1) is 0 Å². The van der Waals surface area contributed by atoms with Crippen LogP contribution in [-0.2, 0) is 0 Å². The lowest BCUT2D eigenvalue weighted by Crippen LogP contribution is -2.06. The van der Waals surface area contributed by atoms with E-state index in [1.807, 2.05) is 0 Å². The van der Waals surface area contributed by atoms with Crippen LogP contribution in [0.2, 0.25) is 0 Å². The van der Waals surface area contributed by atoms with Crippen LogP contribution in [-0.4, -0.2) is 0 Å². The molecule has 0 N–H and O–H groups in total. The van der Waals surface area contributed by atoms with Gasteiger partial charge >= 0.3 is 0 Å². The summed E-state index contributed by atoms with van der Waals surface area (Å²) in [5.41, 5.74) is 0.891. The van der Waals surface area contributed by atoms with Gasteiger partial charge in [-0.05, 0) is 48.3 Å². The Morgan fingerprint density at radius 1 is 1.27 bits per heavy atom. The summed E-state index contributed by atoms with van der Waals surface area (Å²) in [7, 11) is 0. The molecule has 0 bridgehead atoms. The molecule has 0 aromatic rings. The Labute approximate surface area is 95.8 Å². The molecular formula is C15H28. The van der Waals surface area contributed by atoms with Gasteiger partial charge in [-0.1, -0.05) is 47.0 Å². The Bertz CT molecular complexity index is 210. The minimum absolute atomic E-state index is 0.891. The van der Waals surface area contributed by atoms with Crippen molar-refractivity contribution in [3.05, 3.63) is 0 Å². The highest BCUT2D eigenvalue weighted by molar-refractivity contribution is 5.23. The van der Waals surface area contributed by atoms with E-state index in [1.54, 1.807) is 12.8 Å². The van der Waals surface area contributed by atoms with E-state index in [4.69, 9.17) is 0 Å². The SMILES string of the molecule is CCC(CC)CC(C)CCC12CC1C2C. The van der Waals surface area contributed by atoms with E-state index in [-0.39, 0.29) is 0 Å². The first-order valence-corrected chi connectivity index (χ1v) is 7.14. The Morgan fingerprint density at radius 2 is 1.87 bits per heavy atom. The van der Waals surface area contributed by atoms with Crippen LogP contribution in [0.3, 0.4) is 0 Å². The van der Waals surface area contributed by atoms with Gasteiger partial charge in [0, 0.05) is 0 Å². The van der Waals surface area contributed by atoms with Crippen molar-refractivity contribution in [3.8, 4) is 0 Å². The Hall–Kier alpha value is 0. The zero-order valence-electron chi connectivity index (χ0n) is 11.1. The average Bonchev–Trinajstić information content (AvgIpc) is 3.10. The smallest absolute Gasteiger partial charge is 0.0235 e. The summed E-state index contributed by atoms with van der Waals surface area (Å²) in [6, 6.07) is 0. The third-order valence-corrected chi connectivity index (χ3v) is 5.57. The van der Waals surface area contributed by atoms with E-state index < -0.39 is 0 Å². The highest BCUT2D eigenvalue weighted by atomic mass is 14.8. The second-order valence-electron chi connectivity index (χ2n) is 6.39. The van der Waals surface area contributed by atoms with Crippen molar-refractivity contribution >= 4 is 0 Å². The molecule has 0 nitrogen and oxygen atoms in total. The molecule has 0 heterocycles. The van der Waals surface area contributed by atoms with Crippen molar-refractivity contribution in [3.63, 3.8) is 0 Å². The molecule has 88 valence electrons. The molecule has 2 rings (SSSR count). The van der Waals surface area contributed by atoms with E-state index >= 15 is 0 Å². The Morgan fingerprint density at radius 3 is 2.27 bits per heavy atom. The fourth-order valence-electron chi connectivity index (χ4n) is 3.69. The molecule has 4 atom stereocenters. The van der Waals surface area contributed by atoms with Crippen molar-refractivity contribution in [1.29, 1.82) is 0 Å². The lowest BCUT2D eigenvalue weighted by Gasteiger charge is -2.19. The fourth-order valence-corrected chi connectivity index (χ4v) is 3.69. The van der Waals surface area contributed by atoms with Crippen LogP contribution in [0.25, 0.3) is 0 Å². The summed E-state index contributed by atoms with van der Waals surface area (Å²) in [4.78, 5) is 0. The number of hydrogen-bond acceptors (Lipinski definition) is 0. The average molecular weight is 208 g/mol. The molecule has 4 unspecified atom stereocenters. The van der Waals surface area contributed by atoms with Crippen molar-refractivity contribution in [2.45, 2.75) is 66.2 Å². The molecule has 0 amide bonds. The molecule has 0 radical (unpaired) electrons. The van der Waals surface area contributed by atoms with Crippen molar-refractivity contribution < 1.29 is 0 Å². The van der Waals surface area contributed by atoms with E-state index in [9.17, 15) is 0 Å². The molecule has 0 aromatic carbocycles. The highest BCUT2D eigenvalue weighted by Gasteiger charge is 2.74. The first-order chi connectivity index (χ1) is 7.14. The molecular weight excluding hydrogens is 180 g/mol. The lowest BCUT2D eigenvalue weighted by atomic mass is 9.87. The first-order valence-electron chi connectivity index (χ1n) is 7.14. The van der Waals surface area contributed by atoms with Crippen LogP contribution in [0.5, 0.6) is 0 Å². The van der Waals surface area contributed by atoms with E-state index in [1.165, 1.54) is 25.7 Å². The molecule has 2 saturated carbocycles. The molecule has 2 aliphatic carbocycles. The lowest BCUT2D eigenvalue weighted by molar-refractivity contribution is 0.329. The van der Waals surface area contributed by atoms with Crippen LogP contribution in [0.15, 0.2) is 0 Å². The monoisotopic (exact) mass is 208 g/mol. The maximum atomic E-state index is 2.47. The van der Waals surface area contributed by atoms with Crippen molar-refractivity contribution in [2.75, 3.05) is 0 Å². The summed E-state index contributed by atoms with van der Waals surface area (Å²) in [5.74, 6) is 4.22. The van der Waals surface area contributed by atoms with Gasteiger partial charge in [0.2, 0.25) is 0 Å². The van der Waals surface area contributed by atoms with Gasteiger partial charge in [-0.3, -0.25) is 0 Å². The molecule has 0 spiro atoms. The molecule has 0 heteroatoms. The largest absolute Gasteiger partial charge is 0.0651 e. The second-order valence-corrected chi connectivity index (χ2v) is 6.39. The number of rotatable bonds is 7. The Balaban J connectivity index is 1.62.